The van der Waals surface area contributed by atoms with Gasteiger partial charge in [0.25, 0.3) is 16.7 Å². The van der Waals surface area contributed by atoms with Gasteiger partial charge in [0.05, 0.1) is 17.2 Å². The zero-order valence-corrected chi connectivity index (χ0v) is 19.5. The molecule has 0 saturated heterocycles. The average molecular weight is 481 g/mol. The predicted molar refractivity (Wildman–Crippen MR) is 123 cm³/mol. The fourth-order valence-corrected chi connectivity index (χ4v) is 4.18. The number of amides is 1. The van der Waals surface area contributed by atoms with Crippen LogP contribution >= 0.6 is 23.1 Å². The van der Waals surface area contributed by atoms with Gasteiger partial charge in [-0.15, -0.1) is 21.5 Å². The molecule has 0 aliphatic rings. The van der Waals surface area contributed by atoms with E-state index in [9.17, 15) is 14.4 Å². The Hall–Kier alpha value is -2.90. The minimum Gasteiger partial charge on any atom is -0.410 e. The van der Waals surface area contributed by atoms with Crippen molar-refractivity contribution in [3.05, 3.63) is 38.4 Å². The molecule has 13 heteroatoms. The molecule has 0 radical (unpaired) electrons. The van der Waals surface area contributed by atoms with E-state index in [0.29, 0.717) is 12.4 Å². The van der Waals surface area contributed by atoms with E-state index >= 15 is 0 Å². The van der Waals surface area contributed by atoms with Crippen LogP contribution in [0.2, 0.25) is 0 Å². The van der Waals surface area contributed by atoms with Gasteiger partial charge in [-0.3, -0.25) is 19.1 Å². The standard InChI is InChI=1S/C19H24N6O5S2/c1-11(2)9-25-15(20)14(16(27)21-18(25)28)24(6-7-29-3)13(26)10-32-19-23-22-17(30-19)12-5-4-8-31-12/h4-5,8,11H,6-7,9-10,20H2,1-3H3,(H,21,27,28). The molecule has 3 N–H and O–H groups in total. The number of hydrogen-bond acceptors (Lipinski definition) is 10. The normalized spacial score (nSPS) is 11.2. The van der Waals surface area contributed by atoms with Crippen molar-refractivity contribution >= 4 is 40.5 Å². The third-order valence-corrected chi connectivity index (χ3v) is 5.97. The molecule has 0 aliphatic heterocycles. The maximum atomic E-state index is 13.0. The molecule has 1 amide bonds. The Kier molecular flexibility index (Phi) is 7.88. The number of methoxy groups -OCH3 is 1. The maximum absolute atomic E-state index is 13.0. The highest BCUT2D eigenvalue weighted by Crippen LogP contribution is 2.27. The first-order valence-corrected chi connectivity index (χ1v) is 11.6. The molecule has 3 aromatic heterocycles. The molecule has 0 aromatic carbocycles. The minimum atomic E-state index is -0.736. The van der Waals surface area contributed by atoms with Crippen molar-refractivity contribution in [2.24, 2.45) is 5.92 Å². The lowest BCUT2D eigenvalue weighted by Crippen LogP contribution is -2.43. The molecule has 3 rings (SSSR count). The number of anilines is 2. The molecule has 0 atom stereocenters. The number of thioether (sulfide) groups is 1. The van der Waals surface area contributed by atoms with Gasteiger partial charge >= 0.3 is 5.69 Å². The number of carbonyl (C=O) groups excluding carboxylic acids is 1. The third kappa shape index (κ3) is 5.47. The van der Waals surface area contributed by atoms with Crippen LogP contribution in [-0.4, -0.2) is 51.7 Å². The number of aromatic nitrogens is 4. The summed E-state index contributed by atoms with van der Waals surface area (Å²) in [6, 6.07) is 3.72. The number of H-pyrrole nitrogens is 1. The van der Waals surface area contributed by atoms with Gasteiger partial charge in [-0.2, -0.15) is 0 Å². The summed E-state index contributed by atoms with van der Waals surface area (Å²) in [7, 11) is 1.48. The van der Waals surface area contributed by atoms with Crippen LogP contribution in [0.15, 0.2) is 36.7 Å². The summed E-state index contributed by atoms with van der Waals surface area (Å²) >= 11 is 2.50. The third-order valence-electron chi connectivity index (χ3n) is 4.31. The lowest BCUT2D eigenvalue weighted by molar-refractivity contribution is -0.116. The number of nitrogens with two attached hydrogens (primary N) is 1. The second kappa shape index (κ2) is 10.6. The van der Waals surface area contributed by atoms with Crippen LogP contribution in [0, 0.1) is 5.92 Å². The van der Waals surface area contributed by atoms with Crippen LogP contribution in [-0.2, 0) is 16.1 Å². The van der Waals surface area contributed by atoms with Crippen molar-refractivity contribution in [1.82, 2.24) is 19.7 Å². The number of hydrogen-bond donors (Lipinski definition) is 2. The topological polar surface area (TPSA) is 149 Å². The van der Waals surface area contributed by atoms with E-state index in [4.69, 9.17) is 14.9 Å². The quantitative estimate of drug-likeness (QED) is 0.413. The largest absolute Gasteiger partial charge is 0.410 e. The number of nitrogen functional groups attached to an aromatic ring is 1. The minimum absolute atomic E-state index is 0.0697. The van der Waals surface area contributed by atoms with Crippen molar-refractivity contribution in [1.29, 1.82) is 0 Å². The Morgan fingerprint density at radius 1 is 1.41 bits per heavy atom. The first kappa shape index (κ1) is 23.8. The molecule has 0 bridgehead atoms. The monoisotopic (exact) mass is 480 g/mol. The Morgan fingerprint density at radius 2 is 2.19 bits per heavy atom. The van der Waals surface area contributed by atoms with Crippen LogP contribution in [0.5, 0.6) is 0 Å². The molecular weight excluding hydrogens is 456 g/mol. The van der Waals surface area contributed by atoms with Gasteiger partial charge in [-0.25, -0.2) is 4.79 Å². The average Bonchev–Trinajstić information content (AvgIpc) is 3.43. The zero-order chi connectivity index (χ0) is 23.3. The van der Waals surface area contributed by atoms with Crippen molar-refractivity contribution < 1.29 is 13.9 Å². The summed E-state index contributed by atoms with van der Waals surface area (Å²) in [6.45, 7) is 4.37. The number of rotatable bonds is 10. The second-order valence-electron chi connectivity index (χ2n) is 7.17. The second-order valence-corrected chi connectivity index (χ2v) is 9.05. The van der Waals surface area contributed by atoms with E-state index in [2.05, 4.69) is 15.2 Å². The van der Waals surface area contributed by atoms with Gasteiger partial charge < -0.3 is 19.8 Å². The van der Waals surface area contributed by atoms with Crippen LogP contribution in [0.4, 0.5) is 11.5 Å². The number of thiophene rings is 1. The molecule has 11 nitrogen and oxygen atoms in total. The summed E-state index contributed by atoms with van der Waals surface area (Å²) in [5.41, 5.74) is 4.73. The molecular formula is C19H24N6O5S2. The molecule has 32 heavy (non-hydrogen) atoms. The van der Waals surface area contributed by atoms with Crippen molar-refractivity contribution in [3.63, 3.8) is 0 Å². The summed E-state index contributed by atoms with van der Waals surface area (Å²) in [4.78, 5) is 42.2. The Morgan fingerprint density at radius 3 is 2.84 bits per heavy atom. The maximum Gasteiger partial charge on any atom is 0.330 e. The Balaban J connectivity index is 1.84. The zero-order valence-electron chi connectivity index (χ0n) is 17.9. The summed E-state index contributed by atoms with van der Waals surface area (Å²) in [5.74, 6) is -0.109. The Labute approximate surface area is 191 Å². The fourth-order valence-electron chi connectivity index (χ4n) is 2.90. The summed E-state index contributed by atoms with van der Waals surface area (Å²) in [5, 5.41) is 10.0. The summed E-state index contributed by atoms with van der Waals surface area (Å²) in [6.07, 6.45) is 0. The highest BCUT2D eigenvalue weighted by molar-refractivity contribution is 7.99. The van der Waals surface area contributed by atoms with Gasteiger partial charge in [-0.05, 0) is 17.4 Å². The number of nitrogens with zero attached hydrogens (tertiary/aromatic N) is 4. The Bertz CT molecular complexity index is 1170. The predicted octanol–water partition coefficient (Wildman–Crippen LogP) is 1.66. The van der Waals surface area contributed by atoms with Crippen LogP contribution in [0.1, 0.15) is 13.8 Å². The first-order chi connectivity index (χ1) is 15.3. The van der Waals surface area contributed by atoms with Crippen molar-refractivity contribution in [3.8, 4) is 10.8 Å². The van der Waals surface area contributed by atoms with E-state index < -0.39 is 17.2 Å². The van der Waals surface area contributed by atoms with Gasteiger partial charge in [0.1, 0.15) is 5.82 Å². The fraction of sp³-hybridized carbons (Fsp3) is 0.421. The van der Waals surface area contributed by atoms with E-state index in [1.807, 2.05) is 31.4 Å². The molecule has 0 aliphatic carbocycles. The SMILES string of the molecule is COCCN(C(=O)CSc1nnc(-c2cccs2)o1)c1c(N)n(CC(C)C)c(=O)[nH]c1=O. The van der Waals surface area contributed by atoms with E-state index in [0.717, 1.165) is 16.6 Å². The molecule has 172 valence electrons. The first-order valence-electron chi connectivity index (χ1n) is 9.73. The highest BCUT2D eigenvalue weighted by Gasteiger charge is 2.25. The molecule has 0 spiro atoms. The van der Waals surface area contributed by atoms with Crippen LogP contribution in [0.3, 0.4) is 0 Å². The van der Waals surface area contributed by atoms with Crippen molar-refractivity contribution in [2.45, 2.75) is 25.6 Å². The van der Waals surface area contributed by atoms with E-state index in [-0.39, 0.29) is 41.6 Å². The molecule has 0 unspecified atom stereocenters. The molecule has 0 fully saturated rings. The van der Waals surface area contributed by atoms with E-state index in [1.165, 1.54) is 27.9 Å². The number of aromatic amines is 1. The lowest BCUT2D eigenvalue weighted by atomic mass is 10.2. The number of ether oxygens (including phenoxy) is 1. The van der Waals surface area contributed by atoms with E-state index in [1.54, 1.807) is 0 Å². The molecule has 0 saturated carbocycles. The van der Waals surface area contributed by atoms with Crippen LogP contribution < -0.4 is 21.9 Å². The number of carbonyl (C=O) groups is 1. The smallest absolute Gasteiger partial charge is 0.330 e. The van der Waals surface area contributed by atoms with Gasteiger partial charge in [-0.1, -0.05) is 31.7 Å². The summed E-state index contributed by atoms with van der Waals surface area (Å²) < 4.78 is 11.9. The van der Waals surface area contributed by atoms with Crippen LogP contribution in [0.25, 0.3) is 10.8 Å². The van der Waals surface area contributed by atoms with Gasteiger partial charge in [0, 0.05) is 20.2 Å². The van der Waals surface area contributed by atoms with Crippen molar-refractivity contribution in [2.75, 3.05) is 36.6 Å². The highest BCUT2D eigenvalue weighted by atomic mass is 32.2. The van der Waals surface area contributed by atoms with Gasteiger partial charge in [0.15, 0.2) is 5.69 Å². The molecule has 3 aromatic rings. The van der Waals surface area contributed by atoms with Gasteiger partial charge in [0.2, 0.25) is 5.91 Å². The number of nitrogens with one attached hydrogen (secondary N) is 1. The molecule has 3 heterocycles. The lowest BCUT2D eigenvalue weighted by Gasteiger charge is -2.24.